The molecule has 0 aromatic heterocycles. The van der Waals surface area contributed by atoms with Crippen molar-refractivity contribution in [2.24, 2.45) is 0 Å². The van der Waals surface area contributed by atoms with Crippen molar-refractivity contribution in [2.75, 3.05) is 20.3 Å². The quantitative estimate of drug-likeness (QED) is 0.652. The number of hydrogen-bond donors (Lipinski definition) is 1. The van der Waals surface area contributed by atoms with Crippen LogP contribution in [0.25, 0.3) is 6.08 Å². The predicted molar refractivity (Wildman–Crippen MR) is 87.2 cm³/mol. The fourth-order valence-electron chi connectivity index (χ4n) is 1.97. The van der Waals surface area contributed by atoms with Gasteiger partial charge in [-0.05, 0) is 30.7 Å². The van der Waals surface area contributed by atoms with Gasteiger partial charge >= 0.3 is 12.1 Å². The summed E-state index contributed by atoms with van der Waals surface area (Å²) in [5, 5.41) is 1.92. The summed E-state index contributed by atoms with van der Waals surface area (Å²) < 4.78 is 20.3. The number of alkyl carbamates (subject to hydrolysis) is 1. The normalized spacial score (nSPS) is 14.3. The fourth-order valence-corrected chi connectivity index (χ4v) is 1.97. The average Bonchev–Trinajstić information content (AvgIpc) is 2.84. The second-order valence-electron chi connectivity index (χ2n) is 5.15. The number of methoxy groups -OCH3 is 1. The zero-order chi connectivity index (χ0) is 18.2. The lowest BCUT2D eigenvalue weighted by Gasteiger charge is -2.10. The number of benzene rings is 1. The molecular formula is C17H19NO7. The highest BCUT2D eigenvalue weighted by Crippen LogP contribution is 2.30. The van der Waals surface area contributed by atoms with Gasteiger partial charge < -0.3 is 18.9 Å². The summed E-state index contributed by atoms with van der Waals surface area (Å²) in [5.74, 6) is -0.229. The van der Waals surface area contributed by atoms with Gasteiger partial charge in [0.15, 0.2) is 17.6 Å². The molecular weight excluding hydrogens is 330 g/mol. The van der Waals surface area contributed by atoms with Crippen LogP contribution in [0.4, 0.5) is 4.79 Å². The van der Waals surface area contributed by atoms with Gasteiger partial charge in [0.05, 0.1) is 20.3 Å². The third-order valence-corrected chi connectivity index (χ3v) is 3.26. The summed E-state index contributed by atoms with van der Waals surface area (Å²) in [6.07, 6.45) is 1.46. The second kappa shape index (κ2) is 8.72. The number of carbonyl (C=O) groups is 3. The maximum Gasteiger partial charge on any atom is 0.413 e. The third-order valence-electron chi connectivity index (χ3n) is 3.26. The monoisotopic (exact) mass is 349 g/mol. The minimum Gasteiger partial charge on any atom is -0.490 e. The van der Waals surface area contributed by atoms with Gasteiger partial charge in [0.2, 0.25) is 0 Å². The highest BCUT2D eigenvalue weighted by Gasteiger charge is 2.19. The summed E-state index contributed by atoms with van der Waals surface area (Å²) in [6, 6.07) is 5.28. The number of imide groups is 1. The molecule has 8 nitrogen and oxygen atoms in total. The Bertz CT molecular complexity index is 684. The Hall–Kier alpha value is -3.03. The topological polar surface area (TPSA) is 100 Å². The fraction of sp³-hybridized carbons (Fsp3) is 0.353. The van der Waals surface area contributed by atoms with Crippen molar-refractivity contribution in [2.45, 2.75) is 19.4 Å². The van der Waals surface area contributed by atoms with E-state index < -0.39 is 24.1 Å². The van der Waals surface area contributed by atoms with Crippen LogP contribution in [0.5, 0.6) is 11.5 Å². The molecule has 25 heavy (non-hydrogen) atoms. The van der Waals surface area contributed by atoms with Gasteiger partial charge in [0.1, 0.15) is 0 Å². The van der Waals surface area contributed by atoms with E-state index in [0.29, 0.717) is 30.3 Å². The van der Waals surface area contributed by atoms with Crippen molar-refractivity contribution < 1.29 is 33.3 Å². The van der Waals surface area contributed by atoms with E-state index in [9.17, 15) is 14.4 Å². The van der Waals surface area contributed by atoms with Gasteiger partial charge in [-0.1, -0.05) is 6.07 Å². The zero-order valence-electron chi connectivity index (χ0n) is 13.9. The first kappa shape index (κ1) is 18.3. The molecule has 1 aromatic carbocycles. The molecule has 1 N–H and O–H groups in total. The number of fused-ring (bicyclic) bond motifs is 1. The summed E-state index contributed by atoms with van der Waals surface area (Å²) in [7, 11) is 1.12. The number of ether oxygens (including phenoxy) is 4. The lowest BCUT2D eigenvalue weighted by molar-refractivity contribution is -0.149. The molecule has 1 heterocycles. The van der Waals surface area contributed by atoms with Gasteiger partial charge in [0.25, 0.3) is 5.91 Å². The van der Waals surface area contributed by atoms with Crippen LogP contribution in [0.1, 0.15) is 18.9 Å². The molecule has 1 atom stereocenters. The van der Waals surface area contributed by atoms with Crippen LogP contribution in [-0.4, -0.2) is 44.4 Å². The van der Waals surface area contributed by atoms with Crippen molar-refractivity contribution in [3.05, 3.63) is 29.8 Å². The van der Waals surface area contributed by atoms with Crippen LogP contribution in [-0.2, 0) is 19.1 Å². The van der Waals surface area contributed by atoms with Crippen LogP contribution in [0, 0.1) is 0 Å². The second-order valence-corrected chi connectivity index (χ2v) is 5.15. The van der Waals surface area contributed by atoms with E-state index in [1.54, 1.807) is 18.2 Å². The maximum atomic E-state index is 11.8. The Balaban J connectivity index is 1.92. The lowest BCUT2D eigenvalue weighted by atomic mass is 10.2. The van der Waals surface area contributed by atoms with Crippen LogP contribution in [0.15, 0.2) is 24.3 Å². The highest BCUT2D eigenvalue weighted by atomic mass is 16.6. The lowest BCUT2D eigenvalue weighted by Crippen LogP contribution is -2.39. The molecule has 8 heteroatoms. The summed E-state index contributed by atoms with van der Waals surface area (Å²) >= 11 is 0. The molecule has 1 aromatic rings. The molecule has 2 amide bonds. The molecule has 134 valence electrons. The van der Waals surface area contributed by atoms with Crippen molar-refractivity contribution in [1.82, 2.24) is 5.32 Å². The van der Waals surface area contributed by atoms with Gasteiger partial charge in [-0.3, -0.25) is 10.1 Å². The molecule has 0 aliphatic carbocycles. The molecule has 0 radical (unpaired) electrons. The Kier molecular flexibility index (Phi) is 6.39. The molecule has 1 aliphatic rings. The van der Waals surface area contributed by atoms with Gasteiger partial charge in [0, 0.05) is 12.5 Å². The summed E-state index contributed by atoms with van der Waals surface area (Å²) in [4.78, 5) is 34.3. The zero-order valence-corrected chi connectivity index (χ0v) is 13.9. The number of nitrogens with one attached hydrogen (secondary N) is 1. The molecule has 1 aliphatic heterocycles. The predicted octanol–water partition coefficient (Wildman–Crippen LogP) is 1.68. The van der Waals surface area contributed by atoms with Crippen LogP contribution >= 0.6 is 0 Å². The Morgan fingerprint density at radius 2 is 1.92 bits per heavy atom. The molecule has 2 rings (SSSR count). The van der Waals surface area contributed by atoms with E-state index in [1.165, 1.54) is 19.1 Å². The highest BCUT2D eigenvalue weighted by molar-refractivity contribution is 5.96. The van der Waals surface area contributed by atoms with Crippen molar-refractivity contribution in [3.63, 3.8) is 0 Å². The van der Waals surface area contributed by atoms with E-state index in [1.807, 2.05) is 5.32 Å². The Labute approximate surface area is 144 Å². The van der Waals surface area contributed by atoms with Crippen LogP contribution in [0.2, 0.25) is 0 Å². The van der Waals surface area contributed by atoms with Crippen molar-refractivity contribution in [3.8, 4) is 11.5 Å². The molecule has 0 unspecified atom stereocenters. The number of hydrogen-bond acceptors (Lipinski definition) is 7. The number of amides is 2. The first-order valence-electron chi connectivity index (χ1n) is 7.66. The smallest absolute Gasteiger partial charge is 0.413 e. The molecule has 0 fully saturated rings. The Morgan fingerprint density at radius 1 is 1.20 bits per heavy atom. The average molecular weight is 349 g/mol. The van der Waals surface area contributed by atoms with Gasteiger partial charge in [-0.15, -0.1) is 0 Å². The minimum atomic E-state index is -1.14. The SMILES string of the molecule is COC(=O)NC(=O)[C@@H](C)OC(=O)/C=C/c1ccc2c(c1)OCCCO2. The van der Waals surface area contributed by atoms with Gasteiger partial charge in [-0.25, -0.2) is 9.59 Å². The maximum absolute atomic E-state index is 11.8. The summed E-state index contributed by atoms with van der Waals surface area (Å²) in [6.45, 7) is 2.51. The van der Waals surface area contributed by atoms with Crippen molar-refractivity contribution in [1.29, 1.82) is 0 Å². The molecule has 0 spiro atoms. The number of rotatable bonds is 4. The van der Waals surface area contributed by atoms with Crippen LogP contribution in [0.3, 0.4) is 0 Å². The van der Waals surface area contributed by atoms with E-state index in [2.05, 4.69) is 4.74 Å². The minimum absolute atomic E-state index is 0.565. The van der Waals surface area contributed by atoms with Crippen LogP contribution < -0.4 is 14.8 Å². The molecule has 0 saturated carbocycles. The number of carbonyl (C=O) groups excluding carboxylic acids is 3. The molecule has 0 saturated heterocycles. The van der Waals surface area contributed by atoms with E-state index in [4.69, 9.17) is 14.2 Å². The number of esters is 1. The summed E-state index contributed by atoms with van der Waals surface area (Å²) in [5.41, 5.74) is 0.716. The van der Waals surface area contributed by atoms with E-state index >= 15 is 0 Å². The van der Waals surface area contributed by atoms with E-state index in [-0.39, 0.29) is 0 Å². The van der Waals surface area contributed by atoms with Gasteiger partial charge in [-0.2, -0.15) is 0 Å². The first-order valence-corrected chi connectivity index (χ1v) is 7.66. The molecule has 0 bridgehead atoms. The largest absolute Gasteiger partial charge is 0.490 e. The first-order chi connectivity index (χ1) is 12.0. The third kappa shape index (κ3) is 5.52. The standard InChI is InChI=1S/C17H19NO7/c1-11(16(20)18-17(21)22-2)25-15(19)7-5-12-4-6-13-14(10-12)24-9-3-8-23-13/h4-7,10-11H,3,8-9H2,1-2H3,(H,18,20,21)/b7-5+/t11-/m1/s1. The van der Waals surface area contributed by atoms with E-state index in [0.717, 1.165) is 13.5 Å². The van der Waals surface area contributed by atoms with Crippen molar-refractivity contribution >= 4 is 24.0 Å². The Morgan fingerprint density at radius 3 is 2.64 bits per heavy atom.